The largest absolute Gasteiger partial charge is 0.462 e. The van der Waals surface area contributed by atoms with Gasteiger partial charge in [-0.1, -0.05) is 27.2 Å². The smallest absolute Gasteiger partial charge is 0.326 e. The summed E-state index contributed by atoms with van der Waals surface area (Å²) in [7, 11) is 0. The van der Waals surface area contributed by atoms with Crippen LogP contribution in [0.2, 0.25) is 0 Å². The second-order valence-corrected chi connectivity index (χ2v) is 8.23. The number of rotatable bonds is 12. The lowest BCUT2D eigenvalue weighted by molar-refractivity contribution is -0.146. The van der Waals surface area contributed by atoms with Crippen molar-refractivity contribution < 1.29 is 14.3 Å². The van der Waals surface area contributed by atoms with Crippen LogP contribution in [0, 0.1) is 13.8 Å². The number of aromatic nitrogens is 2. The van der Waals surface area contributed by atoms with E-state index in [1.54, 1.807) is 0 Å². The zero-order valence-corrected chi connectivity index (χ0v) is 19.1. The van der Waals surface area contributed by atoms with Crippen molar-refractivity contribution in [2.75, 3.05) is 32.9 Å². The van der Waals surface area contributed by atoms with E-state index in [-0.39, 0.29) is 18.7 Å². The maximum Gasteiger partial charge on any atom is 0.326 e. The Bertz CT molecular complexity index is 871. The van der Waals surface area contributed by atoms with Crippen molar-refractivity contribution in [2.24, 2.45) is 0 Å². The quantitative estimate of drug-likeness (QED) is 0.385. The molecule has 2 aromatic rings. The highest BCUT2D eigenvalue weighted by Gasteiger charge is 2.19. The van der Waals surface area contributed by atoms with E-state index in [2.05, 4.69) is 25.7 Å². The molecule has 0 spiro atoms. The molecule has 0 atom stereocenters. The second kappa shape index (κ2) is 11.4. The average Bonchev–Trinajstić information content (AvgIpc) is 2.99. The SMILES string of the molecule is CCCCOCCOC(=O)Cn1c(CN(CC)CC)nc2sc(C)c(C)c2c1=O. The molecule has 2 rings (SSSR count). The first kappa shape index (κ1) is 23.5. The van der Waals surface area contributed by atoms with Gasteiger partial charge < -0.3 is 9.47 Å². The van der Waals surface area contributed by atoms with Crippen molar-refractivity contribution in [1.29, 1.82) is 0 Å². The number of unbranched alkanes of at least 4 members (excludes halogenated alkanes) is 1. The van der Waals surface area contributed by atoms with Crippen LogP contribution in [0.1, 0.15) is 49.9 Å². The van der Waals surface area contributed by atoms with Gasteiger partial charge in [-0.15, -0.1) is 11.3 Å². The predicted octanol–water partition coefficient (Wildman–Crippen LogP) is 3.28. The summed E-state index contributed by atoms with van der Waals surface area (Å²) in [5.41, 5.74) is 0.762. The molecule has 0 radical (unpaired) electrons. The molecule has 29 heavy (non-hydrogen) atoms. The summed E-state index contributed by atoms with van der Waals surface area (Å²) in [4.78, 5) is 34.3. The Hall–Kier alpha value is -1.77. The lowest BCUT2D eigenvalue weighted by Crippen LogP contribution is -2.33. The van der Waals surface area contributed by atoms with Gasteiger partial charge in [-0.05, 0) is 38.9 Å². The molecule has 0 saturated carbocycles. The van der Waals surface area contributed by atoms with Gasteiger partial charge in [0.2, 0.25) is 0 Å². The topological polar surface area (TPSA) is 73.7 Å². The summed E-state index contributed by atoms with van der Waals surface area (Å²) in [5.74, 6) is 0.154. The Balaban J connectivity index is 2.22. The van der Waals surface area contributed by atoms with Gasteiger partial charge in [0.1, 0.15) is 23.8 Å². The van der Waals surface area contributed by atoms with E-state index < -0.39 is 5.97 Å². The molecule has 162 valence electrons. The van der Waals surface area contributed by atoms with Crippen LogP contribution in [0.15, 0.2) is 4.79 Å². The predicted molar refractivity (Wildman–Crippen MR) is 117 cm³/mol. The number of ether oxygens (including phenoxy) is 2. The molecule has 0 fully saturated rings. The second-order valence-electron chi connectivity index (χ2n) is 7.03. The first-order valence-corrected chi connectivity index (χ1v) is 11.2. The summed E-state index contributed by atoms with van der Waals surface area (Å²) in [6.07, 6.45) is 2.05. The Morgan fingerprint density at radius 2 is 1.86 bits per heavy atom. The summed E-state index contributed by atoms with van der Waals surface area (Å²) < 4.78 is 12.2. The number of fused-ring (bicyclic) bond motifs is 1. The van der Waals surface area contributed by atoms with Gasteiger partial charge >= 0.3 is 5.97 Å². The fourth-order valence-corrected chi connectivity index (χ4v) is 4.08. The molecule has 0 aliphatic rings. The fraction of sp³-hybridized carbons (Fsp3) is 0.667. The van der Waals surface area contributed by atoms with Gasteiger partial charge in [-0.2, -0.15) is 0 Å². The highest BCUT2D eigenvalue weighted by molar-refractivity contribution is 7.18. The molecule has 7 nitrogen and oxygen atoms in total. The van der Waals surface area contributed by atoms with Gasteiger partial charge in [0.05, 0.1) is 18.5 Å². The number of carbonyl (C=O) groups is 1. The molecular weight excluding hydrogens is 390 g/mol. The molecule has 0 amide bonds. The fourth-order valence-electron chi connectivity index (χ4n) is 3.04. The summed E-state index contributed by atoms with van der Waals surface area (Å²) >= 11 is 1.52. The summed E-state index contributed by atoms with van der Waals surface area (Å²) in [5, 5.41) is 0.603. The van der Waals surface area contributed by atoms with Crippen LogP contribution in [0.5, 0.6) is 0 Å². The molecule has 8 heteroatoms. The van der Waals surface area contributed by atoms with Crippen molar-refractivity contribution >= 4 is 27.5 Å². The molecule has 0 aromatic carbocycles. The molecule has 0 aliphatic carbocycles. The number of hydrogen-bond acceptors (Lipinski definition) is 7. The van der Waals surface area contributed by atoms with Crippen molar-refractivity contribution in [3.05, 3.63) is 26.6 Å². The van der Waals surface area contributed by atoms with Crippen molar-refractivity contribution in [2.45, 2.75) is 60.5 Å². The minimum Gasteiger partial charge on any atom is -0.462 e. The van der Waals surface area contributed by atoms with E-state index in [4.69, 9.17) is 14.5 Å². The molecule has 0 bridgehead atoms. The van der Waals surface area contributed by atoms with Gasteiger partial charge in [0, 0.05) is 11.5 Å². The molecule has 0 N–H and O–H groups in total. The number of aryl methyl sites for hydroxylation is 2. The highest BCUT2D eigenvalue weighted by atomic mass is 32.1. The van der Waals surface area contributed by atoms with E-state index in [9.17, 15) is 9.59 Å². The van der Waals surface area contributed by atoms with Gasteiger partial charge in [0.25, 0.3) is 5.56 Å². The van der Waals surface area contributed by atoms with Crippen LogP contribution in [0.3, 0.4) is 0 Å². The van der Waals surface area contributed by atoms with E-state index in [1.807, 2.05) is 13.8 Å². The molecule has 0 unspecified atom stereocenters. The third-order valence-corrected chi connectivity index (χ3v) is 6.15. The monoisotopic (exact) mass is 423 g/mol. The maximum absolute atomic E-state index is 13.2. The van der Waals surface area contributed by atoms with Crippen LogP contribution < -0.4 is 5.56 Å². The number of esters is 1. The lowest BCUT2D eigenvalue weighted by Gasteiger charge is -2.20. The average molecular weight is 424 g/mol. The first-order chi connectivity index (χ1) is 13.9. The Kier molecular flexibility index (Phi) is 9.26. The van der Waals surface area contributed by atoms with E-state index in [0.29, 0.717) is 31.0 Å². The zero-order chi connectivity index (χ0) is 21.4. The van der Waals surface area contributed by atoms with E-state index in [1.165, 1.54) is 15.9 Å². The summed E-state index contributed by atoms with van der Waals surface area (Å²) in [6, 6.07) is 0. The number of carbonyl (C=O) groups excluding carboxylic acids is 1. The van der Waals surface area contributed by atoms with Crippen LogP contribution in [-0.4, -0.2) is 53.3 Å². The molecular formula is C21H33N3O4S. The Morgan fingerprint density at radius 3 is 2.52 bits per heavy atom. The number of hydrogen-bond donors (Lipinski definition) is 0. The highest BCUT2D eigenvalue weighted by Crippen LogP contribution is 2.26. The summed E-state index contributed by atoms with van der Waals surface area (Å²) in [6.45, 7) is 13.4. The molecule has 2 aromatic heterocycles. The van der Waals surface area contributed by atoms with Crippen molar-refractivity contribution in [3.8, 4) is 0 Å². The molecule has 0 saturated heterocycles. The Labute approximate surface area is 176 Å². The van der Waals surface area contributed by atoms with Gasteiger partial charge in [-0.3, -0.25) is 19.1 Å². The zero-order valence-electron chi connectivity index (χ0n) is 18.2. The minimum atomic E-state index is -0.447. The van der Waals surface area contributed by atoms with Crippen LogP contribution in [0.25, 0.3) is 10.2 Å². The molecule has 2 heterocycles. The van der Waals surface area contributed by atoms with Crippen LogP contribution in [-0.2, 0) is 27.4 Å². The maximum atomic E-state index is 13.2. The van der Waals surface area contributed by atoms with Crippen molar-refractivity contribution in [1.82, 2.24) is 14.5 Å². The normalized spacial score (nSPS) is 11.5. The minimum absolute atomic E-state index is 0.137. The molecule has 0 aliphatic heterocycles. The van der Waals surface area contributed by atoms with E-state index in [0.717, 1.165) is 41.2 Å². The first-order valence-electron chi connectivity index (χ1n) is 10.4. The third-order valence-electron chi connectivity index (χ3n) is 5.05. The van der Waals surface area contributed by atoms with Gasteiger partial charge in [-0.25, -0.2) is 4.98 Å². The number of thiophene rings is 1. The van der Waals surface area contributed by atoms with Crippen molar-refractivity contribution in [3.63, 3.8) is 0 Å². The standard InChI is InChI=1S/C21H33N3O4S/c1-6-9-10-27-11-12-28-18(25)14-24-17(13-23(7-2)8-3)22-20-19(21(24)26)15(4)16(5)29-20/h6-14H2,1-5H3. The van der Waals surface area contributed by atoms with Crippen LogP contribution in [0.4, 0.5) is 0 Å². The van der Waals surface area contributed by atoms with Crippen LogP contribution >= 0.6 is 11.3 Å². The van der Waals surface area contributed by atoms with Gasteiger partial charge in [0.15, 0.2) is 0 Å². The lowest BCUT2D eigenvalue weighted by atomic mass is 10.2. The Morgan fingerprint density at radius 1 is 1.14 bits per heavy atom. The van der Waals surface area contributed by atoms with E-state index >= 15 is 0 Å². The third kappa shape index (κ3) is 6.10. The number of nitrogens with zero attached hydrogens (tertiary/aromatic N) is 3.